The summed E-state index contributed by atoms with van der Waals surface area (Å²) in [7, 11) is 0. The number of hydrogen-bond donors (Lipinski definition) is 0. The first-order chi connectivity index (χ1) is 9.63. The first-order valence-corrected chi connectivity index (χ1v) is 7.18. The van der Waals surface area contributed by atoms with Crippen LogP contribution in [-0.2, 0) is 0 Å². The number of alkyl halides is 1. The van der Waals surface area contributed by atoms with E-state index in [1.807, 2.05) is 0 Å². The molecule has 0 spiro atoms. The number of rotatable bonds is 4. The van der Waals surface area contributed by atoms with Crippen molar-refractivity contribution in [3.63, 3.8) is 0 Å². The second-order valence-corrected chi connectivity index (χ2v) is 5.86. The van der Waals surface area contributed by atoms with Crippen LogP contribution < -0.4 is 0 Å². The van der Waals surface area contributed by atoms with E-state index in [9.17, 15) is 14.5 Å². The van der Waals surface area contributed by atoms with Crippen LogP contribution in [0.1, 0.15) is 31.7 Å². The minimum Gasteiger partial charge on any atom is -0.300 e. The predicted octanol–water partition coefficient (Wildman–Crippen LogP) is 2.18. The Labute approximate surface area is 116 Å². The van der Waals surface area contributed by atoms with Crippen LogP contribution in [0.4, 0.5) is 10.1 Å². The highest BCUT2D eigenvalue weighted by Gasteiger charge is 2.33. The van der Waals surface area contributed by atoms with E-state index in [2.05, 4.69) is 10.00 Å². The van der Waals surface area contributed by atoms with E-state index in [0.717, 1.165) is 19.0 Å². The van der Waals surface area contributed by atoms with Crippen molar-refractivity contribution < 1.29 is 9.31 Å². The van der Waals surface area contributed by atoms with Gasteiger partial charge in [0.2, 0.25) is 0 Å². The van der Waals surface area contributed by atoms with Gasteiger partial charge < -0.3 is 4.90 Å². The molecule has 0 amide bonds. The smallest absolute Gasteiger partial charge is 0.300 e. The summed E-state index contributed by atoms with van der Waals surface area (Å²) in [6, 6.07) is -0.374. The molecule has 2 atom stereocenters. The molecule has 7 heteroatoms. The van der Waals surface area contributed by atoms with Crippen molar-refractivity contribution in [2.24, 2.45) is 5.92 Å². The standard InChI is InChI=1S/C13H19FN4O2/c14-12-9-16(7-10-2-1-3-10)5-4-13(12)17-8-11(6-15-17)18(19)20/h6,8,10,12-13H,1-5,7,9H2/t12-,13-/m1/s1. The van der Waals surface area contributed by atoms with Crippen molar-refractivity contribution in [1.82, 2.24) is 14.7 Å². The van der Waals surface area contributed by atoms with Crippen LogP contribution in [0.5, 0.6) is 0 Å². The third-order valence-electron chi connectivity index (χ3n) is 4.47. The lowest BCUT2D eigenvalue weighted by molar-refractivity contribution is -0.385. The molecule has 0 unspecified atom stereocenters. The zero-order valence-electron chi connectivity index (χ0n) is 11.3. The van der Waals surface area contributed by atoms with Crippen molar-refractivity contribution in [3.05, 3.63) is 22.5 Å². The second kappa shape index (κ2) is 5.47. The molecule has 6 nitrogen and oxygen atoms in total. The molecule has 1 saturated carbocycles. The highest BCUT2D eigenvalue weighted by atomic mass is 19.1. The van der Waals surface area contributed by atoms with Gasteiger partial charge in [0, 0.05) is 19.6 Å². The van der Waals surface area contributed by atoms with Gasteiger partial charge in [-0.05, 0) is 25.2 Å². The lowest BCUT2D eigenvalue weighted by Crippen LogP contribution is -2.45. The van der Waals surface area contributed by atoms with Crippen molar-refractivity contribution in [1.29, 1.82) is 0 Å². The summed E-state index contributed by atoms with van der Waals surface area (Å²) >= 11 is 0. The Morgan fingerprint density at radius 3 is 2.80 bits per heavy atom. The minimum atomic E-state index is -1.01. The molecule has 2 aliphatic rings. The number of piperidine rings is 1. The molecule has 1 aliphatic carbocycles. The van der Waals surface area contributed by atoms with E-state index in [1.54, 1.807) is 0 Å². The van der Waals surface area contributed by atoms with Crippen molar-refractivity contribution in [3.8, 4) is 0 Å². The van der Waals surface area contributed by atoms with Gasteiger partial charge in [-0.3, -0.25) is 14.8 Å². The fourth-order valence-corrected chi connectivity index (χ4v) is 3.06. The maximum absolute atomic E-state index is 14.3. The lowest BCUT2D eigenvalue weighted by Gasteiger charge is -2.38. The van der Waals surface area contributed by atoms with Gasteiger partial charge in [-0.15, -0.1) is 0 Å². The SMILES string of the molecule is O=[N+]([O-])c1cnn([C@@H]2CCN(CC3CCC3)C[C@H]2F)c1. The van der Waals surface area contributed by atoms with Crippen LogP contribution in [-0.4, -0.2) is 45.4 Å². The number of halogens is 1. The Bertz CT molecular complexity index is 488. The largest absolute Gasteiger partial charge is 0.307 e. The maximum Gasteiger partial charge on any atom is 0.307 e. The predicted molar refractivity (Wildman–Crippen MR) is 71.2 cm³/mol. The number of nitro groups is 1. The molecule has 0 bridgehead atoms. The van der Waals surface area contributed by atoms with E-state index in [1.165, 1.54) is 36.3 Å². The molecule has 1 saturated heterocycles. The zero-order chi connectivity index (χ0) is 14.1. The van der Waals surface area contributed by atoms with E-state index < -0.39 is 11.1 Å². The van der Waals surface area contributed by atoms with Crippen LogP contribution in [0, 0.1) is 16.0 Å². The summed E-state index contributed by atoms with van der Waals surface area (Å²) < 4.78 is 15.7. The van der Waals surface area contributed by atoms with Crippen LogP contribution in [0.25, 0.3) is 0 Å². The van der Waals surface area contributed by atoms with Gasteiger partial charge in [0.05, 0.1) is 11.0 Å². The van der Waals surface area contributed by atoms with E-state index in [0.29, 0.717) is 13.0 Å². The number of likely N-dealkylation sites (tertiary alicyclic amines) is 1. The Kier molecular flexibility index (Phi) is 3.69. The molecule has 3 rings (SSSR count). The summed E-state index contributed by atoms with van der Waals surface area (Å²) in [6.45, 7) is 2.25. The molecule has 1 aromatic rings. The maximum atomic E-state index is 14.3. The summed E-state index contributed by atoms with van der Waals surface area (Å²) in [5.41, 5.74) is -0.0749. The first-order valence-electron chi connectivity index (χ1n) is 7.18. The van der Waals surface area contributed by atoms with Crippen molar-refractivity contribution in [2.75, 3.05) is 19.6 Å². The summed E-state index contributed by atoms with van der Waals surface area (Å²) in [5, 5.41) is 14.6. The van der Waals surface area contributed by atoms with Crippen LogP contribution >= 0.6 is 0 Å². The summed E-state index contributed by atoms with van der Waals surface area (Å²) in [6.07, 6.45) is 6.00. The van der Waals surface area contributed by atoms with Gasteiger partial charge in [-0.1, -0.05) is 6.42 Å². The summed E-state index contributed by atoms with van der Waals surface area (Å²) in [4.78, 5) is 12.3. The molecule has 0 radical (unpaired) electrons. The Balaban J connectivity index is 1.59. The fourth-order valence-electron chi connectivity index (χ4n) is 3.06. The quantitative estimate of drug-likeness (QED) is 0.627. The highest BCUT2D eigenvalue weighted by Crippen LogP contribution is 2.31. The molecule has 1 aromatic heterocycles. The molecule has 2 heterocycles. The third kappa shape index (κ3) is 2.67. The average Bonchev–Trinajstić information content (AvgIpc) is 2.83. The van der Waals surface area contributed by atoms with Gasteiger partial charge in [-0.25, -0.2) is 4.39 Å². The van der Waals surface area contributed by atoms with Crippen LogP contribution in [0.15, 0.2) is 12.4 Å². The van der Waals surface area contributed by atoms with Crippen LogP contribution in [0.3, 0.4) is 0 Å². The second-order valence-electron chi connectivity index (χ2n) is 5.86. The van der Waals surface area contributed by atoms with Gasteiger partial charge in [0.1, 0.15) is 18.6 Å². The van der Waals surface area contributed by atoms with Crippen molar-refractivity contribution >= 4 is 5.69 Å². The van der Waals surface area contributed by atoms with Gasteiger partial charge in [0.15, 0.2) is 0 Å². The normalized spacial score (nSPS) is 28.2. The van der Waals surface area contributed by atoms with E-state index >= 15 is 0 Å². The summed E-state index contributed by atoms with van der Waals surface area (Å²) in [5.74, 6) is 0.740. The number of aromatic nitrogens is 2. The van der Waals surface area contributed by atoms with E-state index in [4.69, 9.17) is 0 Å². The topological polar surface area (TPSA) is 64.2 Å². The third-order valence-corrected chi connectivity index (χ3v) is 4.47. The molecular formula is C13H19FN4O2. The lowest BCUT2D eigenvalue weighted by atomic mass is 9.84. The fraction of sp³-hybridized carbons (Fsp3) is 0.769. The Morgan fingerprint density at radius 2 is 2.25 bits per heavy atom. The number of hydrogen-bond acceptors (Lipinski definition) is 4. The zero-order valence-corrected chi connectivity index (χ0v) is 11.3. The van der Waals surface area contributed by atoms with Gasteiger partial charge >= 0.3 is 5.69 Å². The number of nitrogens with zero attached hydrogens (tertiary/aromatic N) is 4. The van der Waals surface area contributed by atoms with E-state index in [-0.39, 0.29) is 11.7 Å². The molecule has 0 N–H and O–H groups in total. The van der Waals surface area contributed by atoms with Crippen LogP contribution in [0.2, 0.25) is 0 Å². The van der Waals surface area contributed by atoms with Gasteiger partial charge in [0.25, 0.3) is 0 Å². The molecule has 20 heavy (non-hydrogen) atoms. The molecular weight excluding hydrogens is 263 g/mol. The molecule has 2 fully saturated rings. The molecule has 1 aliphatic heterocycles. The Hall–Kier alpha value is -1.50. The Morgan fingerprint density at radius 1 is 1.45 bits per heavy atom. The molecule has 110 valence electrons. The monoisotopic (exact) mass is 282 g/mol. The first kappa shape index (κ1) is 13.5. The molecule has 0 aromatic carbocycles. The van der Waals surface area contributed by atoms with Crippen molar-refractivity contribution in [2.45, 2.75) is 37.9 Å². The average molecular weight is 282 g/mol. The highest BCUT2D eigenvalue weighted by molar-refractivity contribution is 5.21. The van der Waals surface area contributed by atoms with Gasteiger partial charge in [-0.2, -0.15) is 5.10 Å². The minimum absolute atomic E-state index is 0.0749.